The van der Waals surface area contributed by atoms with Crippen molar-refractivity contribution in [1.82, 2.24) is 15.2 Å². The fourth-order valence-electron chi connectivity index (χ4n) is 2.58. The van der Waals surface area contributed by atoms with Crippen LogP contribution in [0.15, 0.2) is 22.9 Å². The highest BCUT2D eigenvalue weighted by molar-refractivity contribution is 9.10. The SMILES string of the molecule is N#C[C@@H](CNC(=O)C1CCCCN1C(=O)O)c1ccc(Br)nc1. The van der Waals surface area contributed by atoms with Gasteiger partial charge in [-0.3, -0.25) is 9.69 Å². The second-order valence-corrected chi connectivity index (χ2v) is 6.14. The van der Waals surface area contributed by atoms with E-state index >= 15 is 0 Å². The number of hydrogen-bond donors (Lipinski definition) is 2. The third kappa shape index (κ3) is 4.42. The molecule has 0 radical (unpaired) electrons. The predicted molar refractivity (Wildman–Crippen MR) is 85.7 cm³/mol. The van der Waals surface area contributed by atoms with Crippen LogP contribution >= 0.6 is 15.9 Å². The topological polar surface area (TPSA) is 106 Å². The fraction of sp³-hybridized carbons (Fsp3) is 0.467. The summed E-state index contributed by atoms with van der Waals surface area (Å²) in [7, 11) is 0. The molecule has 2 atom stereocenters. The van der Waals surface area contributed by atoms with Gasteiger partial charge in [0.15, 0.2) is 0 Å². The molecule has 1 aliphatic heterocycles. The maximum Gasteiger partial charge on any atom is 0.407 e. The number of carbonyl (C=O) groups excluding carboxylic acids is 1. The number of nitrogens with one attached hydrogen (secondary N) is 1. The first-order valence-corrected chi connectivity index (χ1v) is 8.10. The number of amides is 2. The molecule has 122 valence electrons. The van der Waals surface area contributed by atoms with Crippen molar-refractivity contribution in [1.29, 1.82) is 5.26 Å². The van der Waals surface area contributed by atoms with Crippen molar-refractivity contribution < 1.29 is 14.7 Å². The monoisotopic (exact) mass is 380 g/mol. The van der Waals surface area contributed by atoms with Crippen molar-refractivity contribution in [2.45, 2.75) is 31.2 Å². The summed E-state index contributed by atoms with van der Waals surface area (Å²) in [6.07, 6.45) is 2.59. The van der Waals surface area contributed by atoms with Crippen molar-refractivity contribution in [2.75, 3.05) is 13.1 Å². The molecular weight excluding hydrogens is 364 g/mol. The molecule has 2 rings (SSSR count). The van der Waals surface area contributed by atoms with Crippen LogP contribution in [0, 0.1) is 11.3 Å². The Morgan fingerprint density at radius 2 is 2.30 bits per heavy atom. The molecule has 1 unspecified atom stereocenters. The molecule has 2 N–H and O–H groups in total. The minimum Gasteiger partial charge on any atom is -0.465 e. The lowest BCUT2D eigenvalue weighted by atomic mass is 10.0. The van der Waals surface area contributed by atoms with Crippen molar-refractivity contribution in [3.05, 3.63) is 28.5 Å². The van der Waals surface area contributed by atoms with Gasteiger partial charge in [-0.2, -0.15) is 5.26 Å². The molecule has 2 amide bonds. The normalized spacial score (nSPS) is 18.8. The van der Waals surface area contributed by atoms with Gasteiger partial charge in [0, 0.05) is 19.3 Å². The zero-order valence-corrected chi connectivity index (χ0v) is 14.0. The van der Waals surface area contributed by atoms with Gasteiger partial charge in [0.05, 0.1) is 12.0 Å². The summed E-state index contributed by atoms with van der Waals surface area (Å²) in [5.41, 5.74) is 0.703. The number of aromatic nitrogens is 1. The zero-order valence-electron chi connectivity index (χ0n) is 12.4. The molecule has 7 nitrogen and oxygen atoms in total. The van der Waals surface area contributed by atoms with Gasteiger partial charge in [-0.1, -0.05) is 6.07 Å². The van der Waals surface area contributed by atoms with Gasteiger partial charge in [-0.15, -0.1) is 0 Å². The van der Waals surface area contributed by atoms with E-state index in [2.05, 4.69) is 32.3 Å². The van der Waals surface area contributed by atoms with Crippen LogP contribution < -0.4 is 5.32 Å². The lowest BCUT2D eigenvalue weighted by Gasteiger charge is -2.32. The number of carbonyl (C=O) groups is 2. The first-order chi connectivity index (χ1) is 11.0. The molecule has 1 saturated heterocycles. The molecular formula is C15H17BrN4O3. The number of halogens is 1. The molecule has 0 bridgehead atoms. The zero-order chi connectivity index (χ0) is 16.8. The second-order valence-electron chi connectivity index (χ2n) is 5.33. The average Bonchev–Trinajstić information content (AvgIpc) is 2.56. The summed E-state index contributed by atoms with van der Waals surface area (Å²) in [5.74, 6) is -0.876. The van der Waals surface area contributed by atoms with Gasteiger partial charge < -0.3 is 10.4 Å². The lowest BCUT2D eigenvalue weighted by Crippen LogP contribution is -2.52. The Kier molecular flexibility index (Phi) is 5.93. The van der Waals surface area contributed by atoms with E-state index in [1.807, 2.05) is 0 Å². The molecule has 1 aliphatic rings. The third-order valence-corrected chi connectivity index (χ3v) is 4.31. The van der Waals surface area contributed by atoms with E-state index in [1.54, 1.807) is 18.3 Å². The maximum atomic E-state index is 12.3. The minimum absolute atomic E-state index is 0.128. The van der Waals surface area contributed by atoms with E-state index < -0.39 is 18.1 Å². The largest absolute Gasteiger partial charge is 0.465 e. The Morgan fingerprint density at radius 1 is 1.52 bits per heavy atom. The molecule has 1 aromatic heterocycles. The Hall–Kier alpha value is -2.14. The molecule has 23 heavy (non-hydrogen) atoms. The van der Waals surface area contributed by atoms with Crippen LogP contribution in [0.2, 0.25) is 0 Å². The van der Waals surface area contributed by atoms with Crippen LogP contribution in [0.1, 0.15) is 30.7 Å². The summed E-state index contributed by atoms with van der Waals surface area (Å²) in [5, 5.41) is 21.1. The Bertz CT molecular complexity index is 614. The summed E-state index contributed by atoms with van der Waals surface area (Å²) in [6.45, 7) is 0.494. The van der Waals surface area contributed by atoms with Crippen LogP contribution in [0.25, 0.3) is 0 Å². The Morgan fingerprint density at radius 3 is 2.91 bits per heavy atom. The smallest absolute Gasteiger partial charge is 0.407 e. The van der Waals surface area contributed by atoms with Crippen LogP contribution in [-0.2, 0) is 4.79 Å². The number of hydrogen-bond acceptors (Lipinski definition) is 4. The van der Waals surface area contributed by atoms with E-state index in [4.69, 9.17) is 5.11 Å². The van der Waals surface area contributed by atoms with Crippen LogP contribution in [-0.4, -0.2) is 46.1 Å². The summed E-state index contributed by atoms with van der Waals surface area (Å²) >= 11 is 3.23. The molecule has 0 spiro atoms. The number of rotatable bonds is 4. The van der Waals surface area contributed by atoms with Gasteiger partial charge in [0.25, 0.3) is 0 Å². The number of nitriles is 1. The van der Waals surface area contributed by atoms with E-state index in [-0.39, 0.29) is 12.5 Å². The number of pyridine rings is 1. The summed E-state index contributed by atoms with van der Waals surface area (Å²) < 4.78 is 0.668. The van der Waals surface area contributed by atoms with Gasteiger partial charge in [0.2, 0.25) is 5.91 Å². The molecule has 1 aromatic rings. The molecule has 0 aromatic carbocycles. The van der Waals surface area contributed by atoms with Crippen LogP contribution in [0.3, 0.4) is 0 Å². The summed E-state index contributed by atoms with van der Waals surface area (Å²) in [6, 6.07) is 4.95. The maximum absolute atomic E-state index is 12.3. The van der Waals surface area contributed by atoms with E-state index in [9.17, 15) is 14.9 Å². The van der Waals surface area contributed by atoms with Crippen LogP contribution in [0.5, 0.6) is 0 Å². The van der Waals surface area contributed by atoms with Gasteiger partial charge in [-0.05, 0) is 46.8 Å². The van der Waals surface area contributed by atoms with Crippen molar-refractivity contribution in [3.8, 4) is 6.07 Å². The average molecular weight is 381 g/mol. The standard InChI is InChI=1S/C15H17BrN4O3/c16-13-5-4-10(8-18-13)11(7-17)9-19-14(21)12-3-1-2-6-20(12)15(22)23/h4-5,8,11-12H,1-3,6,9H2,(H,19,21)(H,22,23)/t11-,12?/m0/s1. The van der Waals surface area contributed by atoms with Crippen molar-refractivity contribution in [3.63, 3.8) is 0 Å². The first-order valence-electron chi connectivity index (χ1n) is 7.31. The Labute approximate surface area is 142 Å². The minimum atomic E-state index is -1.08. The number of piperidine rings is 1. The van der Waals surface area contributed by atoms with Crippen LogP contribution in [0.4, 0.5) is 4.79 Å². The third-order valence-electron chi connectivity index (χ3n) is 3.84. The molecule has 2 heterocycles. The van der Waals surface area contributed by atoms with Crippen molar-refractivity contribution >= 4 is 27.9 Å². The quantitative estimate of drug-likeness (QED) is 0.777. The Balaban J connectivity index is 1.97. The number of carboxylic acid groups (broad SMARTS) is 1. The molecule has 8 heteroatoms. The first kappa shape index (κ1) is 17.2. The highest BCUT2D eigenvalue weighted by atomic mass is 79.9. The van der Waals surface area contributed by atoms with Gasteiger partial charge >= 0.3 is 6.09 Å². The van der Waals surface area contributed by atoms with E-state index in [1.165, 1.54) is 4.90 Å². The second kappa shape index (κ2) is 7.92. The molecule has 0 aliphatic carbocycles. The molecule has 0 saturated carbocycles. The molecule has 1 fully saturated rings. The summed E-state index contributed by atoms with van der Waals surface area (Å²) in [4.78, 5) is 28.7. The predicted octanol–water partition coefficient (Wildman–Crippen LogP) is 2.10. The van der Waals surface area contributed by atoms with Gasteiger partial charge in [0.1, 0.15) is 10.6 Å². The van der Waals surface area contributed by atoms with Gasteiger partial charge in [-0.25, -0.2) is 9.78 Å². The van der Waals surface area contributed by atoms with E-state index in [0.717, 1.165) is 12.8 Å². The number of nitrogens with zero attached hydrogens (tertiary/aromatic N) is 3. The number of likely N-dealkylation sites (tertiary alicyclic amines) is 1. The highest BCUT2D eigenvalue weighted by Crippen LogP contribution is 2.19. The van der Waals surface area contributed by atoms with E-state index in [0.29, 0.717) is 23.1 Å². The lowest BCUT2D eigenvalue weighted by molar-refractivity contribution is -0.126. The highest BCUT2D eigenvalue weighted by Gasteiger charge is 2.32. The fourth-order valence-corrected chi connectivity index (χ4v) is 2.82. The van der Waals surface area contributed by atoms with Crippen molar-refractivity contribution in [2.24, 2.45) is 0 Å².